The largest absolute Gasteiger partial charge is 0.356 e. The maximum atomic E-state index is 12.9. The number of benzene rings is 1. The Morgan fingerprint density at radius 3 is 2.44 bits per heavy atom. The molecule has 1 amide bonds. The van der Waals surface area contributed by atoms with Gasteiger partial charge in [-0.3, -0.25) is 9.69 Å². The summed E-state index contributed by atoms with van der Waals surface area (Å²) in [4.78, 5) is 29.2. The summed E-state index contributed by atoms with van der Waals surface area (Å²) >= 11 is 1.73. The van der Waals surface area contributed by atoms with Gasteiger partial charge in [-0.15, -0.1) is 11.3 Å². The molecule has 0 atom stereocenters. The van der Waals surface area contributed by atoms with Gasteiger partial charge in [-0.05, 0) is 69.3 Å². The van der Waals surface area contributed by atoms with E-state index in [4.69, 9.17) is 0 Å². The van der Waals surface area contributed by atoms with Crippen LogP contribution in [-0.4, -0.2) is 47.0 Å². The third-order valence-corrected chi connectivity index (χ3v) is 8.57. The van der Waals surface area contributed by atoms with Crippen LogP contribution in [0.2, 0.25) is 0 Å². The molecular weight excluding hydrogens is 442 g/mol. The van der Waals surface area contributed by atoms with Gasteiger partial charge in [0.2, 0.25) is 5.91 Å². The van der Waals surface area contributed by atoms with Crippen LogP contribution in [0.5, 0.6) is 0 Å². The maximum Gasteiger partial charge on any atom is 0.223 e. The molecule has 1 N–H and O–H groups in total. The molecule has 5 rings (SSSR count). The number of aromatic nitrogens is 2. The number of piperidine rings is 2. The summed E-state index contributed by atoms with van der Waals surface area (Å²) in [6.45, 7) is 10.1. The Bertz CT molecular complexity index is 1130. The lowest BCUT2D eigenvalue weighted by molar-refractivity contribution is -0.125. The predicted molar refractivity (Wildman–Crippen MR) is 139 cm³/mol. The Morgan fingerprint density at radius 1 is 1.00 bits per heavy atom. The molecule has 0 spiro atoms. The minimum Gasteiger partial charge on any atom is -0.356 e. The molecule has 3 aromatic rings. The van der Waals surface area contributed by atoms with Gasteiger partial charge in [0.05, 0.1) is 5.39 Å². The number of hydrogen-bond donors (Lipinski definition) is 1. The molecule has 2 aliphatic rings. The second-order valence-corrected chi connectivity index (χ2v) is 11.0. The van der Waals surface area contributed by atoms with Crippen LogP contribution >= 0.6 is 11.3 Å². The number of thiophene rings is 1. The summed E-state index contributed by atoms with van der Waals surface area (Å²) in [5, 5.41) is 4.35. The fraction of sp³-hybridized carbons (Fsp3) is 0.519. The molecule has 2 aliphatic heterocycles. The van der Waals surface area contributed by atoms with Crippen molar-refractivity contribution in [3.63, 3.8) is 0 Å². The summed E-state index contributed by atoms with van der Waals surface area (Å²) in [6.07, 6.45) is 7.39. The fourth-order valence-corrected chi connectivity index (χ4v) is 6.22. The topological polar surface area (TPSA) is 61.4 Å². The minimum atomic E-state index is 0.0669. The Morgan fingerprint density at radius 2 is 1.71 bits per heavy atom. The average molecular weight is 478 g/mol. The lowest BCUT2D eigenvalue weighted by atomic mass is 9.95. The predicted octanol–water partition coefficient (Wildman–Crippen LogP) is 4.83. The molecule has 0 unspecified atom stereocenters. The first-order chi connectivity index (χ1) is 16.6. The quantitative estimate of drug-likeness (QED) is 0.551. The van der Waals surface area contributed by atoms with Gasteiger partial charge in [-0.2, -0.15) is 0 Å². The molecule has 2 saturated heterocycles. The number of aryl methyl sites for hydroxylation is 2. The van der Waals surface area contributed by atoms with E-state index in [1.54, 1.807) is 17.7 Å². The van der Waals surface area contributed by atoms with Crippen LogP contribution in [0.4, 0.5) is 5.82 Å². The van der Waals surface area contributed by atoms with E-state index >= 15 is 0 Å². The van der Waals surface area contributed by atoms with Crippen LogP contribution in [0.3, 0.4) is 0 Å². The second-order valence-electron chi connectivity index (χ2n) is 9.79. The van der Waals surface area contributed by atoms with Crippen molar-refractivity contribution in [1.82, 2.24) is 20.2 Å². The van der Waals surface area contributed by atoms with E-state index in [1.165, 1.54) is 59.3 Å². The number of amides is 1. The van der Waals surface area contributed by atoms with Gasteiger partial charge in [-0.1, -0.05) is 30.7 Å². The van der Waals surface area contributed by atoms with Gasteiger partial charge in [-0.25, -0.2) is 9.97 Å². The van der Waals surface area contributed by atoms with Crippen molar-refractivity contribution < 1.29 is 4.79 Å². The van der Waals surface area contributed by atoms with Crippen LogP contribution in [0.25, 0.3) is 10.2 Å². The number of nitrogens with zero attached hydrogens (tertiary/aromatic N) is 4. The first-order valence-electron chi connectivity index (χ1n) is 12.6. The Hall–Kier alpha value is -2.51. The zero-order valence-corrected chi connectivity index (χ0v) is 21.2. The molecule has 7 heteroatoms. The zero-order valence-electron chi connectivity index (χ0n) is 20.3. The fourth-order valence-electron chi connectivity index (χ4n) is 5.23. The third kappa shape index (κ3) is 5.10. The molecule has 0 radical (unpaired) electrons. The Balaban J connectivity index is 1.12. The van der Waals surface area contributed by atoms with Gasteiger partial charge in [0, 0.05) is 37.0 Å². The summed E-state index contributed by atoms with van der Waals surface area (Å²) < 4.78 is 0. The first kappa shape index (κ1) is 23.2. The van der Waals surface area contributed by atoms with Gasteiger partial charge in [0.15, 0.2) is 0 Å². The highest BCUT2D eigenvalue weighted by Crippen LogP contribution is 2.35. The van der Waals surface area contributed by atoms with Crippen LogP contribution < -0.4 is 10.2 Å². The second kappa shape index (κ2) is 10.4. The molecule has 180 valence electrons. The van der Waals surface area contributed by atoms with Gasteiger partial charge < -0.3 is 10.2 Å². The van der Waals surface area contributed by atoms with E-state index < -0.39 is 0 Å². The summed E-state index contributed by atoms with van der Waals surface area (Å²) in [7, 11) is 0. The zero-order chi connectivity index (χ0) is 23.5. The smallest absolute Gasteiger partial charge is 0.223 e. The number of hydrogen-bond acceptors (Lipinski definition) is 6. The molecule has 1 aromatic carbocycles. The lowest BCUT2D eigenvalue weighted by Crippen LogP contribution is -2.40. The summed E-state index contributed by atoms with van der Waals surface area (Å²) in [5.41, 5.74) is 3.80. The molecular formula is C27H35N5OS. The summed E-state index contributed by atoms with van der Waals surface area (Å²) in [5.74, 6) is 1.26. The maximum absolute atomic E-state index is 12.9. The van der Waals surface area contributed by atoms with E-state index in [9.17, 15) is 4.79 Å². The average Bonchev–Trinajstić information content (AvgIpc) is 3.17. The van der Waals surface area contributed by atoms with Crippen molar-refractivity contribution in [3.05, 3.63) is 52.2 Å². The van der Waals surface area contributed by atoms with Gasteiger partial charge in [0.1, 0.15) is 17.0 Å². The normalized spacial score (nSPS) is 17.9. The highest BCUT2D eigenvalue weighted by Gasteiger charge is 2.27. The minimum absolute atomic E-state index is 0.0669. The molecule has 0 aliphatic carbocycles. The Kier molecular flexibility index (Phi) is 7.11. The van der Waals surface area contributed by atoms with Crippen molar-refractivity contribution in [2.45, 2.75) is 59.0 Å². The van der Waals surface area contributed by atoms with Gasteiger partial charge >= 0.3 is 0 Å². The monoisotopic (exact) mass is 477 g/mol. The number of carbonyl (C=O) groups is 1. The highest BCUT2D eigenvalue weighted by atomic mass is 32.1. The number of fused-ring (bicyclic) bond motifs is 1. The van der Waals surface area contributed by atoms with E-state index in [2.05, 4.69) is 63.2 Å². The Labute approximate surface area is 206 Å². The van der Waals surface area contributed by atoms with Crippen molar-refractivity contribution in [1.29, 1.82) is 0 Å². The number of likely N-dealkylation sites (tertiary alicyclic amines) is 1. The SMILES string of the molecule is Cc1sc2ncnc(N3CCC(C(=O)NCc4ccc(CN5CCCCC5)cc4)CC3)c2c1C. The van der Waals surface area contributed by atoms with Crippen molar-refractivity contribution in [2.75, 3.05) is 31.1 Å². The molecule has 0 saturated carbocycles. The van der Waals surface area contributed by atoms with Gasteiger partial charge in [0.25, 0.3) is 0 Å². The molecule has 2 aromatic heterocycles. The van der Waals surface area contributed by atoms with Crippen molar-refractivity contribution in [3.8, 4) is 0 Å². The van der Waals surface area contributed by atoms with Crippen LogP contribution in [0, 0.1) is 19.8 Å². The number of anilines is 1. The van der Waals surface area contributed by atoms with Crippen LogP contribution in [0.15, 0.2) is 30.6 Å². The standard InChI is InChI=1S/C27H35N5OS/c1-19-20(2)34-27-24(19)25(29-18-30-27)32-14-10-23(11-15-32)26(33)28-16-21-6-8-22(9-7-21)17-31-12-4-3-5-13-31/h6-9,18,23H,3-5,10-17H2,1-2H3,(H,28,33). The van der Waals surface area contributed by atoms with E-state index in [-0.39, 0.29) is 11.8 Å². The number of carbonyl (C=O) groups excluding carboxylic acids is 1. The summed E-state index contributed by atoms with van der Waals surface area (Å²) in [6, 6.07) is 8.75. The van der Waals surface area contributed by atoms with Crippen molar-refractivity contribution >= 4 is 33.3 Å². The highest BCUT2D eigenvalue weighted by molar-refractivity contribution is 7.18. The lowest BCUT2D eigenvalue weighted by Gasteiger charge is -2.32. The number of rotatable bonds is 6. The molecule has 6 nitrogen and oxygen atoms in total. The van der Waals surface area contributed by atoms with E-state index in [0.29, 0.717) is 6.54 Å². The molecule has 4 heterocycles. The first-order valence-corrected chi connectivity index (χ1v) is 13.4. The van der Waals surface area contributed by atoms with Crippen LogP contribution in [0.1, 0.15) is 53.7 Å². The van der Waals surface area contributed by atoms with Crippen LogP contribution in [-0.2, 0) is 17.9 Å². The third-order valence-electron chi connectivity index (χ3n) is 7.46. The molecule has 34 heavy (non-hydrogen) atoms. The number of nitrogens with one attached hydrogen (secondary N) is 1. The molecule has 2 fully saturated rings. The molecule has 0 bridgehead atoms. The van der Waals surface area contributed by atoms with E-state index in [0.717, 1.165) is 43.1 Å². The van der Waals surface area contributed by atoms with E-state index in [1.807, 2.05) is 0 Å². The van der Waals surface area contributed by atoms with Crippen molar-refractivity contribution in [2.24, 2.45) is 5.92 Å².